The maximum atomic E-state index is 12.9. The van der Waals surface area contributed by atoms with Gasteiger partial charge in [-0.3, -0.25) is 4.79 Å². The molecule has 3 N–H and O–H groups in total. The third-order valence-corrected chi connectivity index (χ3v) is 2.14. The second-order valence-corrected chi connectivity index (χ2v) is 3.27. The van der Waals surface area contributed by atoms with Gasteiger partial charge >= 0.3 is 0 Å². The third-order valence-electron chi connectivity index (χ3n) is 2.14. The van der Waals surface area contributed by atoms with Gasteiger partial charge in [0.25, 0.3) is 0 Å². The molecule has 84 valence electrons. The van der Waals surface area contributed by atoms with Crippen LogP contribution in [0.3, 0.4) is 0 Å². The zero-order valence-corrected chi connectivity index (χ0v) is 8.67. The summed E-state index contributed by atoms with van der Waals surface area (Å²) in [6.07, 6.45) is 0. The monoisotopic (exact) mass is 222 g/mol. The molecule has 0 aliphatic rings. The van der Waals surface area contributed by atoms with Gasteiger partial charge in [-0.2, -0.15) is 0 Å². The van der Waals surface area contributed by atoms with Gasteiger partial charge in [0.05, 0.1) is 17.6 Å². The molecular weight excluding hydrogens is 211 g/mol. The topological polar surface area (TPSA) is 69.8 Å². The molecule has 1 amide bonds. The van der Waals surface area contributed by atoms with E-state index in [1.807, 2.05) is 0 Å². The Kier molecular flexibility index (Phi) is 2.72. The summed E-state index contributed by atoms with van der Waals surface area (Å²) in [5.74, 6) is -0.0233. The molecule has 0 fully saturated rings. The van der Waals surface area contributed by atoms with Crippen LogP contribution >= 0.6 is 0 Å². The van der Waals surface area contributed by atoms with Gasteiger partial charge in [0.1, 0.15) is 5.82 Å². The van der Waals surface area contributed by atoms with E-state index in [0.717, 1.165) is 0 Å². The fraction of sp³-hybridized carbons (Fsp3) is 0.200. The number of H-pyrrole nitrogens is 1. The fourth-order valence-electron chi connectivity index (χ4n) is 1.32. The zero-order valence-electron chi connectivity index (χ0n) is 8.67. The Hall–Kier alpha value is -2.11. The van der Waals surface area contributed by atoms with E-state index in [-0.39, 0.29) is 18.3 Å². The summed E-state index contributed by atoms with van der Waals surface area (Å²) in [5.41, 5.74) is 1.25. The first-order valence-electron chi connectivity index (χ1n) is 4.79. The van der Waals surface area contributed by atoms with Gasteiger partial charge in [0.2, 0.25) is 11.9 Å². The van der Waals surface area contributed by atoms with Crippen molar-refractivity contribution in [2.24, 2.45) is 0 Å². The number of fused-ring (bicyclic) bond motifs is 1. The number of carbonyl (C=O) groups excluding carboxylic acids is 1. The molecule has 16 heavy (non-hydrogen) atoms. The van der Waals surface area contributed by atoms with Gasteiger partial charge in [-0.05, 0) is 18.2 Å². The van der Waals surface area contributed by atoms with Crippen LogP contribution in [0.15, 0.2) is 18.2 Å². The molecule has 2 rings (SSSR count). The van der Waals surface area contributed by atoms with Crippen LogP contribution in [0.25, 0.3) is 11.0 Å². The number of aromatic amines is 1. The van der Waals surface area contributed by atoms with E-state index < -0.39 is 0 Å². The van der Waals surface area contributed by atoms with Crippen LogP contribution in [0.2, 0.25) is 0 Å². The van der Waals surface area contributed by atoms with Crippen molar-refractivity contribution in [2.75, 3.05) is 18.9 Å². The van der Waals surface area contributed by atoms with Crippen molar-refractivity contribution in [1.82, 2.24) is 15.3 Å². The fourth-order valence-corrected chi connectivity index (χ4v) is 1.32. The number of hydrogen-bond acceptors (Lipinski definition) is 3. The first-order valence-corrected chi connectivity index (χ1v) is 4.79. The first kappa shape index (κ1) is 10.4. The van der Waals surface area contributed by atoms with Gasteiger partial charge in [-0.15, -0.1) is 0 Å². The van der Waals surface area contributed by atoms with E-state index in [2.05, 4.69) is 20.6 Å². The summed E-state index contributed by atoms with van der Waals surface area (Å²) < 4.78 is 12.9. The molecule has 0 unspecified atom stereocenters. The summed E-state index contributed by atoms with van der Waals surface area (Å²) in [7, 11) is 1.55. The Morgan fingerprint density at radius 2 is 2.38 bits per heavy atom. The number of halogens is 1. The van der Waals surface area contributed by atoms with Gasteiger partial charge in [-0.1, -0.05) is 0 Å². The average Bonchev–Trinajstić information content (AvgIpc) is 2.67. The molecular formula is C10H11FN4O. The van der Waals surface area contributed by atoms with Crippen molar-refractivity contribution in [1.29, 1.82) is 0 Å². The van der Waals surface area contributed by atoms with E-state index in [0.29, 0.717) is 17.0 Å². The summed E-state index contributed by atoms with van der Waals surface area (Å²) >= 11 is 0. The highest BCUT2D eigenvalue weighted by Crippen LogP contribution is 2.14. The SMILES string of the molecule is CNC(=O)CNc1nc2ccc(F)cc2[nH]1. The van der Waals surface area contributed by atoms with Crippen LogP contribution in [-0.2, 0) is 4.79 Å². The number of amides is 1. The lowest BCUT2D eigenvalue weighted by Gasteiger charge is -1.99. The summed E-state index contributed by atoms with van der Waals surface area (Å²) in [6, 6.07) is 4.27. The van der Waals surface area contributed by atoms with Crippen molar-refractivity contribution in [3.8, 4) is 0 Å². The number of nitrogens with zero attached hydrogens (tertiary/aromatic N) is 1. The maximum Gasteiger partial charge on any atom is 0.239 e. The van der Waals surface area contributed by atoms with E-state index >= 15 is 0 Å². The van der Waals surface area contributed by atoms with E-state index in [1.165, 1.54) is 12.1 Å². The molecule has 1 heterocycles. The Balaban J connectivity index is 2.16. The van der Waals surface area contributed by atoms with Crippen molar-refractivity contribution in [2.45, 2.75) is 0 Å². The van der Waals surface area contributed by atoms with Crippen LogP contribution in [-0.4, -0.2) is 29.5 Å². The number of carbonyl (C=O) groups is 1. The predicted molar refractivity (Wildman–Crippen MR) is 58.6 cm³/mol. The maximum absolute atomic E-state index is 12.9. The molecule has 0 aliphatic carbocycles. The number of aromatic nitrogens is 2. The zero-order chi connectivity index (χ0) is 11.5. The van der Waals surface area contributed by atoms with Gasteiger partial charge in [0.15, 0.2) is 0 Å². The third kappa shape index (κ3) is 2.10. The molecule has 6 heteroatoms. The first-order chi connectivity index (χ1) is 7.69. The van der Waals surface area contributed by atoms with Crippen molar-refractivity contribution in [3.63, 3.8) is 0 Å². The molecule has 0 saturated heterocycles. The molecule has 2 aromatic rings. The highest BCUT2D eigenvalue weighted by molar-refractivity contribution is 5.81. The molecule has 1 aromatic carbocycles. The molecule has 0 aliphatic heterocycles. The minimum atomic E-state index is -0.325. The van der Waals surface area contributed by atoms with E-state index in [1.54, 1.807) is 13.1 Å². The molecule has 1 aromatic heterocycles. The molecule has 5 nitrogen and oxygen atoms in total. The van der Waals surface area contributed by atoms with Gasteiger partial charge in [-0.25, -0.2) is 9.37 Å². The number of rotatable bonds is 3. The average molecular weight is 222 g/mol. The molecule has 0 bridgehead atoms. The lowest BCUT2D eigenvalue weighted by atomic mass is 10.3. The minimum absolute atomic E-state index is 0.124. The van der Waals surface area contributed by atoms with Crippen molar-refractivity contribution in [3.05, 3.63) is 24.0 Å². The standard InChI is InChI=1S/C10H11FN4O/c1-12-9(16)5-13-10-14-7-3-2-6(11)4-8(7)15-10/h2-4H,5H2,1H3,(H,12,16)(H2,13,14,15). The Bertz CT molecular complexity index is 523. The lowest BCUT2D eigenvalue weighted by Crippen LogP contribution is -2.26. The highest BCUT2D eigenvalue weighted by atomic mass is 19.1. The number of anilines is 1. The summed E-state index contributed by atoms with van der Waals surface area (Å²) in [4.78, 5) is 18.0. The number of likely N-dealkylation sites (N-methyl/N-ethyl adjacent to an activating group) is 1. The van der Waals surface area contributed by atoms with Crippen molar-refractivity contribution < 1.29 is 9.18 Å². The van der Waals surface area contributed by atoms with Crippen molar-refractivity contribution >= 4 is 22.9 Å². The van der Waals surface area contributed by atoms with Crippen LogP contribution in [0.4, 0.5) is 10.3 Å². The number of benzene rings is 1. The predicted octanol–water partition coefficient (Wildman–Crippen LogP) is 0.860. The number of hydrogen-bond donors (Lipinski definition) is 3. The van der Waals surface area contributed by atoms with Crippen LogP contribution in [0.5, 0.6) is 0 Å². The second kappa shape index (κ2) is 4.18. The van der Waals surface area contributed by atoms with Gasteiger partial charge in [0, 0.05) is 7.05 Å². The van der Waals surface area contributed by atoms with E-state index in [4.69, 9.17) is 0 Å². The molecule has 0 radical (unpaired) electrons. The minimum Gasteiger partial charge on any atom is -0.358 e. The van der Waals surface area contributed by atoms with Crippen LogP contribution < -0.4 is 10.6 Å². The summed E-state index contributed by atoms with van der Waals surface area (Å²) in [5, 5.41) is 5.28. The second-order valence-electron chi connectivity index (χ2n) is 3.27. The van der Waals surface area contributed by atoms with E-state index in [9.17, 15) is 9.18 Å². The molecule has 0 atom stereocenters. The Labute approximate surface area is 91.1 Å². The number of nitrogens with one attached hydrogen (secondary N) is 3. The Morgan fingerprint density at radius 1 is 1.56 bits per heavy atom. The summed E-state index contributed by atoms with van der Waals surface area (Å²) in [6.45, 7) is 0.124. The normalized spacial score (nSPS) is 10.4. The smallest absolute Gasteiger partial charge is 0.239 e. The lowest BCUT2D eigenvalue weighted by molar-refractivity contribution is -0.118. The van der Waals surface area contributed by atoms with Crippen LogP contribution in [0.1, 0.15) is 0 Å². The highest BCUT2D eigenvalue weighted by Gasteiger charge is 2.04. The molecule has 0 saturated carbocycles. The van der Waals surface area contributed by atoms with Crippen LogP contribution in [0, 0.1) is 5.82 Å². The quantitative estimate of drug-likeness (QED) is 0.721. The largest absolute Gasteiger partial charge is 0.358 e. The number of imidazole rings is 1. The van der Waals surface area contributed by atoms with Gasteiger partial charge < -0.3 is 15.6 Å². The Morgan fingerprint density at radius 3 is 3.12 bits per heavy atom. The molecule has 0 spiro atoms.